The molecule has 1 atom stereocenters. The van der Waals surface area contributed by atoms with E-state index >= 15 is 0 Å². The molecule has 2 aromatic heterocycles. The van der Waals surface area contributed by atoms with Crippen molar-refractivity contribution >= 4 is 22.6 Å². The summed E-state index contributed by atoms with van der Waals surface area (Å²) in [7, 11) is 6.16. The van der Waals surface area contributed by atoms with Gasteiger partial charge < -0.3 is 4.90 Å². The van der Waals surface area contributed by atoms with E-state index in [1.165, 1.54) is 19.5 Å². The second-order valence-electron chi connectivity index (χ2n) is 6.05. The molecule has 3 rings (SSSR count). The van der Waals surface area contributed by atoms with Gasteiger partial charge in [-0.2, -0.15) is 5.10 Å². The average molecular weight is 309 g/mol. The summed E-state index contributed by atoms with van der Waals surface area (Å²) in [5.41, 5.74) is 0.791. The minimum Gasteiger partial charge on any atom is -0.306 e. The maximum absolute atomic E-state index is 6.22. The van der Waals surface area contributed by atoms with Crippen LogP contribution in [0.4, 0.5) is 0 Å². The van der Waals surface area contributed by atoms with Crippen LogP contribution in [-0.4, -0.2) is 63.3 Å². The van der Waals surface area contributed by atoms with Crippen LogP contribution in [0, 0.1) is 5.92 Å². The molecule has 1 aliphatic heterocycles. The van der Waals surface area contributed by atoms with Crippen LogP contribution >= 0.6 is 11.6 Å². The van der Waals surface area contributed by atoms with Crippen molar-refractivity contribution in [3.63, 3.8) is 0 Å². The third kappa shape index (κ3) is 3.17. The van der Waals surface area contributed by atoms with Crippen molar-refractivity contribution in [2.45, 2.75) is 13.0 Å². The Kier molecular flexibility index (Phi) is 4.10. The van der Waals surface area contributed by atoms with E-state index in [1.807, 2.05) is 7.05 Å². The van der Waals surface area contributed by atoms with Crippen LogP contribution in [0.1, 0.15) is 12.2 Å². The lowest BCUT2D eigenvalue weighted by molar-refractivity contribution is 0.262. The molecule has 0 bridgehead atoms. The molecule has 3 heterocycles. The Bertz CT molecular complexity index is 640. The van der Waals surface area contributed by atoms with Crippen LogP contribution in [0.25, 0.3) is 11.0 Å². The molecule has 114 valence electrons. The van der Waals surface area contributed by atoms with Crippen molar-refractivity contribution in [3.8, 4) is 0 Å². The Balaban J connectivity index is 1.70. The van der Waals surface area contributed by atoms with Crippen LogP contribution in [0.5, 0.6) is 0 Å². The highest BCUT2D eigenvalue weighted by molar-refractivity contribution is 6.33. The van der Waals surface area contributed by atoms with Crippen LogP contribution in [0.15, 0.2) is 6.20 Å². The lowest BCUT2D eigenvalue weighted by Crippen LogP contribution is -2.27. The average Bonchev–Trinajstić information content (AvgIpc) is 2.97. The predicted molar refractivity (Wildman–Crippen MR) is 83.3 cm³/mol. The molecule has 21 heavy (non-hydrogen) atoms. The molecule has 0 aromatic carbocycles. The Labute approximate surface area is 129 Å². The molecule has 2 aromatic rings. The largest absolute Gasteiger partial charge is 0.306 e. The molecule has 0 saturated carbocycles. The van der Waals surface area contributed by atoms with Crippen LogP contribution in [0.2, 0.25) is 5.15 Å². The minimum absolute atomic E-state index is 0.483. The zero-order valence-electron chi connectivity index (χ0n) is 12.8. The Morgan fingerprint density at radius 3 is 2.90 bits per heavy atom. The van der Waals surface area contributed by atoms with Crippen molar-refractivity contribution in [1.82, 2.24) is 29.5 Å². The molecule has 0 N–H and O–H groups in total. The van der Waals surface area contributed by atoms with E-state index < -0.39 is 0 Å². The van der Waals surface area contributed by atoms with E-state index in [2.05, 4.69) is 39.0 Å². The molecule has 0 aliphatic carbocycles. The van der Waals surface area contributed by atoms with Gasteiger partial charge in [-0.3, -0.25) is 9.58 Å². The Hall–Kier alpha value is -1.24. The number of hydrogen-bond acceptors (Lipinski definition) is 5. The first-order valence-electron chi connectivity index (χ1n) is 7.24. The van der Waals surface area contributed by atoms with Gasteiger partial charge in [-0.1, -0.05) is 11.6 Å². The van der Waals surface area contributed by atoms with Gasteiger partial charge >= 0.3 is 0 Å². The fourth-order valence-electron chi connectivity index (χ4n) is 3.02. The molecule has 0 radical (unpaired) electrons. The summed E-state index contributed by atoms with van der Waals surface area (Å²) in [5.74, 6) is 1.49. The second kappa shape index (κ2) is 5.87. The first-order chi connectivity index (χ1) is 10.0. The fraction of sp³-hybridized carbons (Fsp3) is 0.643. The summed E-state index contributed by atoms with van der Waals surface area (Å²) in [6.07, 6.45) is 2.97. The number of likely N-dealkylation sites (tertiary alicyclic amines) is 1. The number of halogens is 1. The van der Waals surface area contributed by atoms with Crippen LogP contribution in [-0.2, 0) is 13.6 Å². The Morgan fingerprint density at radius 2 is 2.19 bits per heavy atom. The van der Waals surface area contributed by atoms with Crippen molar-refractivity contribution < 1.29 is 0 Å². The fourth-order valence-corrected chi connectivity index (χ4v) is 3.25. The molecule has 0 spiro atoms. The van der Waals surface area contributed by atoms with Gasteiger partial charge in [-0.15, -0.1) is 0 Å². The molecule has 1 unspecified atom stereocenters. The van der Waals surface area contributed by atoms with Gasteiger partial charge in [0.15, 0.2) is 5.65 Å². The lowest BCUT2D eigenvalue weighted by atomic mass is 10.1. The van der Waals surface area contributed by atoms with Gasteiger partial charge in [0, 0.05) is 20.1 Å². The molecular formula is C14H21ClN6. The maximum Gasteiger partial charge on any atom is 0.162 e. The topological polar surface area (TPSA) is 50.1 Å². The molecule has 0 amide bonds. The summed E-state index contributed by atoms with van der Waals surface area (Å²) in [6.45, 7) is 4.14. The van der Waals surface area contributed by atoms with Gasteiger partial charge in [0.1, 0.15) is 11.0 Å². The van der Waals surface area contributed by atoms with E-state index in [-0.39, 0.29) is 0 Å². The molecule has 6 nitrogen and oxygen atoms in total. The van der Waals surface area contributed by atoms with E-state index in [4.69, 9.17) is 11.6 Å². The third-order valence-electron chi connectivity index (χ3n) is 4.06. The first kappa shape index (κ1) is 14.7. The minimum atomic E-state index is 0.483. The van der Waals surface area contributed by atoms with E-state index in [1.54, 1.807) is 10.9 Å². The molecule has 1 saturated heterocycles. The summed E-state index contributed by atoms with van der Waals surface area (Å²) in [6, 6.07) is 0. The Morgan fingerprint density at radius 1 is 1.38 bits per heavy atom. The van der Waals surface area contributed by atoms with Crippen LogP contribution in [0.3, 0.4) is 0 Å². The molecule has 1 aliphatic rings. The zero-order chi connectivity index (χ0) is 15.0. The number of aryl methyl sites for hydroxylation is 1. The maximum atomic E-state index is 6.22. The van der Waals surface area contributed by atoms with Crippen molar-refractivity contribution in [2.24, 2.45) is 13.0 Å². The lowest BCUT2D eigenvalue weighted by Gasteiger charge is -2.20. The highest BCUT2D eigenvalue weighted by Crippen LogP contribution is 2.20. The molecule has 1 fully saturated rings. The number of aromatic nitrogens is 4. The van der Waals surface area contributed by atoms with Gasteiger partial charge in [0.05, 0.1) is 18.1 Å². The van der Waals surface area contributed by atoms with Gasteiger partial charge in [-0.05, 0) is 33.0 Å². The normalized spacial score (nSPS) is 20.0. The summed E-state index contributed by atoms with van der Waals surface area (Å²) in [4.78, 5) is 13.6. The summed E-state index contributed by atoms with van der Waals surface area (Å²) >= 11 is 6.22. The standard InChI is InChI=1S/C14H21ClN6/c1-19-5-4-10(7-19)8-20(2)9-12-17-13(15)11-6-16-21(3)14(11)18-12/h6,10H,4-5,7-9H2,1-3H3. The first-order valence-corrected chi connectivity index (χ1v) is 7.62. The molecular weight excluding hydrogens is 288 g/mol. The monoisotopic (exact) mass is 308 g/mol. The van der Waals surface area contributed by atoms with Gasteiger partial charge in [0.25, 0.3) is 0 Å². The highest BCUT2D eigenvalue weighted by Gasteiger charge is 2.21. The number of hydrogen-bond donors (Lipinski definition) is 0. The van der Waals surface area contributed by atoms with Gasteiger partial charge in [-0.25, -0.2) is 9.97 Å². The van der Waals surface area contributed by atoms with Crippen molar-refractivity contribution in [2.75, 3.05) is 33.7 Å². The zero-order valence-corrected chi connectivity index (χ0v) is 13.5. The highest BCUT2D eigenvalue weighted by atomic mass is 35.5. The second-order valence-corrected chi connectivity index (χ2v) is 6.41. The SMILES string of the molecule is CN1CCC(CN(C)Cc2nc(Cl)c3cnn(C)c3n2)C1. The van der Waals surface area contributed by atoms with E-state index in [0.29, 0.717) is 11.7 Å². The number of rotatable bonds is 4. The summed E-state index contributed by atoms with van der Waals surface area (Å²) < 4.78 is 1.73. The van der Waals surface area contributed by atoms with E-state index in [9.17, 15) is 0 Å². The summed E-state index contributed by atoms with van der Waals surface area (Å²) in [5, 5.41) is 5.47. The number of fused-ring (bicyclic) bond motifs is 1. The third-order valence-corrected chi connectivity index (χ3v) is 4.35. The van der Waals surface area contributed by atoms with Crippen molar-refractivity contribution in [3.05, 3.63) is 17.2 Å². The number of nitrogens with zero attached hydrogens (tertiary/aromatic N) is 6. The quantitative estimate of drug-likeness (QED) is 0.799. The molecule has 7 heteroatoms. The van der Waals surface area contributed by atoms with Crippen LogP contribution < -0.4 is 0 Å². The van der Waals surface area contributed by atoms with E-state index in [0.717, 1.165) is 29.3 Å². The van der Waals surface area contributed by atoms with Crippen molar-refractivity contribution in [1.29, 1.82) is 0 Å². The smallest absolute Gasteiger partial charge is 0.162 e. The van der Waals surface area contributed by atoms with Gasteiger partial charge in [0.2, 0.25) is 0 Å². The predicted octanol–water partition coefficient (Wildman–Crippen LogP) is 1.40.